The van der Waals surface area contributed by atoms with Gasteiger partial charge in [-0.25, -0.2) is 9.94 Å². The third-order valence-electron chi connectivity index (χ3n) is 4.95. The Labute approximate surface area is 176 Å². The molecule has 4 aromatic rings. The molecule has 8 nitrogen and oxygen atoms in total. The summed E-state index contributed by atoms with van der Waals surface area (Å²) >= 11 is 6.33. The third-order valence-corrected chi connectivity index (χ3v) is 5.24. The number of hydrogen-bond acceptors (Lipinski definition) is 5. The van der Waals surface area contributed by atoms with Gasteiger partial charge in [-0.3, -0.25) is 9.48 Å². The van der Waals surface area contributed by atoms with Crippen molar-refractivity contribution < 1.29 is 4.74 Å². The van der Waals surface area contributed by atoms with Gasteiger partial charge >= 0.3 is 0 Å². The second-order valence-corrected chi connectivity index (χ2v) is 7.02. The Hall–Kier alpha value is -3.67. The molecule has 0 saturated heterocycles. The molecule has 30 heavy (non-hydrogen) atoms. The Bertz CT molecular complexity index is 1380. The zero-order valence-electron chi connectivity index (χ0n) is 16.2. The number of nitrogens with zero attached hydrogens (tertiary/aromatic N) is 4. The summed E-state index contributed by atoms with van der Waals surface area (Å²) in [6.45, 7) is 7.78. The second-order valence-electron chi connectivity index (χ2n) is 6.61. The van der Waals surface area contributed by atoms with Gasteiger partial charge < -0.3 is 10.5 Å². The molecule has 0 saturated carbocycles. The van der Waals surface area contributed by atoms with Crippen LogP contribution in [0.1, 0.15) is 5.69 Å². The number of nitrogens with one attached hydrogen (secondary N) is 1. The summed E-state index contributed by atoms with van der Waals surface area (Å²) < 4.78 is 7.02. The highest BCUT2D eigenvalue weighted by atomic mass is 35.5. The molecule has 3 N–H and O–H groups in total. The van der Waals surface area contributed by atoms with Crippen LogP contribution < -0.4 is 16.0 Å². The fourth-order valence-electron chi connectivity index (χ4n) is 3.50. The number of halogens is 1. The lowest BCUT2D eigenvalue weighted by atomic mass is 9.97. The standard InChI is InChI=1S/C21H17ClN6O2/c1-24-19-15(7-12(30-3)8-17(19)22)20-16(10-25-28(20)2)11-4-5-13-14(6-11)18(9-23)26-27-21(13)29/h4-8,10H,9,23H2,2-3H3,(H,27,29). The van der Waals surface area contributed by atoms with Crippen LogP contribution in [-0.2, 0) is 13.6 Å². The van der Waals surface area contributed by atoms with Crippen molar-refractivity contribution in [2.75, 3.05) is 7.11 Å². The van der Waals surface area contributed by atoms with Gasteiger partial charge in [0.1, 0.15) is 5.75 Å². The van der Waals surface area contributed by atoms with Crippen molar-refractivity contribution in [1.82, 2.24) is 20.0 Å². The molecule has 150 valence electrons. The zero-order chi connectivity index (χ0) is 21.4. The molecule has 0 spiro atoms. The number of nitrogens with two attached hydrogens (primary N) is 1. The van der Waals surface area contributed by atoms with E-state index in [1.807, 2.05) is 12.1 Å². The van der Waals surface area contributed by atoms with Crippen LogP contribution in [0.3, 0.4) is 0 Å². The van der Waals surface area contributed by atoms with Gasteiger partial charge in [-0.05, 0) is 29.8 Å². The molecule has 4 rings (SSSR count). The molecule has 0 aliphatic heterocycles. The number of aromatic nitrogens is 4. The van der Waals surface area contributed by atoms with Crippen molar-refractivity contribution in [3.8, 4) is 28.1 Å². The van der Waals surface area contributed by atoms with Gasteiger partial charge in [0, 0.05) is 30.1 Å². The minimum atomic E-state index is -0.282. The van der Waals surface area contributed by atoms with Gasteiger partial charge in [-0.15, -0.1) is 0 Å². The van der Waals surface area contributed by atoms with E-state index < -0.39 is 0 Å². The summed E-state index contributed by atoms with van der Waals surface area (Å²) in [7, 11) is 3.33. The topological polar surface area (TPSA) is 103 Å². The first-order valence-electron chi connectivity index (χ1n) is 8.97. The number of fused-ring (bicyclic) bond motifs is 1. The van der Waals surface area contributed by atoms with Crippen LogP contribution in [0.4, 0.5) is 5.69 Å². The number of ether oxygens (including phenoxy) is 1. The predicted molar refractivity (Wildman–Crippen MR) is 116 cm³/mol. The summed E-state index contributed by atoms with van der Waals surface area (Å²) in [5.41, 5.74) is 9.31. The number of methoxy groups -OCH3 is 1. The van der Waals surface area contributed by atoms with E-state index in [-0.39, 0.29) is 12.1 Å². The number of aryl methyl sites for hydroxylation is 1. The summed E-state index contributed by atoms with van der Waals surface area (Å²) in [6, 6.07) is 8.79. The van der Waals surface area contributed by atoms with Crippen molar-refractivity contribution in [2.24, 2.45) is 12.8 Å². The highest BCUT2D eigenvalue weighted by Gasteiger charge is 2.20. The molecule has 0 unspecified atom stereocenters. The highest BCUT2D eigenvalue weighted by molar-refractivity contribution is 6.34. The molecule has 2 aromatic heterocycles. The molecule has 0 atom stereocenters. The monoisotopic (exact) mass is 420 g/mol. The summed E-state index contributed by atoms with van der Waals surface area (Å²) in [5, 5.41) is 12.4. The van der Waals surface area contributed by atoms with Gasteiger partial charge in [-0.1, -0.05) is 17.7 Å². The van der Waals surface area contributed by atoms with Gasteiger partial charge in [0.05, 0.1) is 41.7 Å². The van der Waals surface area contributed by atoms with Gasteiger partial charge in [-0.2, -0.15) is 10.2 Å². The highest BCUT2D eigenvalue weighted by Crippen LogP contribution is 2.43. The average molecular weight is 421 g/mol. The van der Waals surface area contributed by atoms with Crippen molar-refractivity contribution in [3.63, 3.8) is 0 Å². The number of rotatable bonds is 4. The number of hydrogen-bond donors (Lipinski definition) is 2. The SMILES string of the molecule is [C-]#[N+]c1c(Cl)cc(OC)cc1-c1c(-c2ccc3c(=O)[nH]nc(CN)c3c2)cnn1C. The van der Waals surface area contributed by atoms with E-state index in [4.69, 9.17) is 28.6 Å². The van der Waals surface area contributed by atoms with Crippen LogP contribution in [0, 0.1) is 6.57 Å². The molecule has 2 aromatic carbocycles. The maximum Gasteiger partial charge on any atom is 0.272 e. The van der Waals surface area contributed by atoms with Crippen LogP contribution in [0.5, 0.6) is 5.75 Å². The van der Waals surface area contributed by atoms with Gasteiger partial charge in [0.15, 0.2) is 0 Å². The van der Waals surface area contributed by atoms with E-state index >= 15 is 0 Å². The normalized spacial score (nSPS) is 10.9. The largest absolute Gasteiger partial charge is 0.497 e. The molecular formula is C21H17ClN6O2. The first kappa shape index (κ1) is 19.6. The number of benzene rings is 2. The average Bonchev–Trinajstić information content (AvgIpc) is 3.14. The molecule has 0 fully saturated rings. The maximum atomic E-state index is 12.1. The van der Waals surface area contributed by atoms with Crippen molar-refractivity contribution in [2.45, 2.75) is 6.54 Å². The first-order valence-corrected chi connectivity index (χ1v) is 9.35. The lowest BCUT2D eigenvalue weighted by Gasteiger charge is -2.13. The van der Waals surface area contributed by atoms with Crippen molar-refractivity contribution in [3.05, 3.63) is 69.0 Å². The molecule has 0 bridgehead atoms. The molecule has 0 amide bonds. The molecule has 2 heterocycles. The Kier molecular flexibility index (Phi) is 4.99. The summed E-state index contributed by atoms with van der Waals surface area (Å²) in [6.07, 6.45) is 1.71. The lowest BCUT2D eigenvalue weighted by Crippen LogP contribution is -2.13. The predicted octanol–water partition coefficient (Wildman–Crippen LogP) is 3.66. The zero-order valence-corrected chi connectivity index (χ0v) is 17.0. The van der Waals surface area contributed by atoms with Crippen LogP contribution in [0.25, 0.3) is 38.0 Å². The van der Waals surface area contributed by atoms with Crippen molar-refractivity contribution in [1.29, 1.82) is 0 Å². The van der Waals surface area contributed by atoms with E-state index in [0.29, 0.717) is 44.2 Å². The number of H-pyrrole nitrogens is 1. The van der Waals surface area contributed by atoms with Crippen molar-refractivity contribution >= 4 is 28.1 Å². The fourth-order valence-corrected chi connectivity index (χ4v) is 3.75. The smallest absolute Gasteiger partial charge is 0.272 e. The van der Waals surface area contributed by atoms with E-state index in [1.165, 1.54) is 0 Å². The van der Waals surface area contributed by atoms with Crippen LogP contribution in [-0.4, -0.2) is 27.1 Å². The van der Waals surface area contributed by atoms with Gasteiger partial charge in [0.25, 0.3) is 5.56 Å². The maximum absolute atomic E-state index is 12.1. The molecular weight excluding hydrogens is 404 g/mol. The van der Waals surface area contributed by atoms with E-state index in [2.05, 4.69) is 20.1 Å². The summed E-state index contributed by atoms with van der Waals surface area (Å²) in [4.78, 5) is 15.8. The van der Waals surface area contributed by atoms with E-state index in [1.54, 1.807) is 43.2 Å². The molecule has 9 heteroatoms. The van der Waals surface area contributed by atoms with Crippen LogP contribution in [0.15, 0.2) is 41.3 Å². The minimum absolute atomic E-state index is 0.185. The molecule has 0 aliphatic carbocycles. The lowest BCUT2D eigenvalue weighted by molar-refractivity contribution is 0.415. The Morgan fingerprint density at radius 3 is 2.77 bits per heavy atom. The molecule has 0 aliphatic rings. The second kappa shape index (κ2) is 7.63. The van der Waals surface area contributed by atoms with E-state index in [0.717, 1.165) is 11.1 Å². The Morgan fingerprint density at radius 2 is 2.07 bits per heavy atom. The number of aromatic amines is 1. The van der Waals surface area contributed by atoms with Gasteiger partial charge in [0.2, 0.25) is 5.69 Å². The summed E-state index contributed by atoms with van der Waals surface area (Å²) in [5.74, 6) is 0.536. The van der Waals surface area contributed by atoms with Crippen LogP contribution in [0.2, 0.25) is 5.02 Å². The van der Waals surface area contributed by atoms with Crippen LogP contribution >= 0.6 is 11.6 Å². The van der Waals surface area contributed by atoms with E-state index in [9.17, 15) is 4.79 Å². The third kappa shape index (κ3) is 3.10. The minimum Gasteiger partial charge on any atom is -0.497 e. The Balaban J connectivity index is 2.01. The fraction of sp³-hybridized carbons (Fsp3) is 0.143. The molecule has 0 radical (unpaired) electrons. The first-order chi connectivity index (χ1) is 14.5. The Morgan fingerprint density at radius 1 is 1.27 bits per heavy atom. The quantitative estimate of drug-likeness (QED) is 0.490.